The van der Waals surface area contributed by atoms with Gasteiger partial charge in [0.1, 0.15) is 10.6 Å². The second kappa shape index (κ2) is 7.47. The molecule has 1 fully saturated rings. The zero-order valence-corrected chi connectivity index (χ0v) is 14.7. The molecular weight excluding hydrogens is 342 g/mol. The van der Waals surface area contributed by atoms with Crippen LogP contribution >= 0.6 is 11.5 Å². The number of nitrogens with zero attached hydrogens (tertiary/aromatic N) is 4. The van der Waals surface area contributed by atoms with Gasteiger partial charge in [0.05, 0.1) is 18.0 Å². The highest BCUT2D eigenvalue weighted by Gasteiger charge is 2.28. The molecule has 8 nitrogen and oxygen atoms in total. The largest absolute Gasteiger partial charge is 0.450 e. The topological polar surface area (TPSA) is 102 Å². The van der Waals surface area contributed by atoms with Crippen molar-refractivity contribution in [2.45, 2.75) is 6.92 Å². The number of aromatic nitrogens is 2. The SMILES string of the molecule is CCOC(=O)N1CCN(C(=O)c2snc(-c3ccccn3)c2N)CC1. The summed E-state index contributed by atoms with van der Waals surface area (Å²) in [6.45, 7) is 3.86. The molecule has 3 heterocycles. The van der Waals surface area contributed by atoms with Crippen LogP contribution < -0.4 is 5.73 Å². The number of carbonyl (C=O) groups excluding carboxylic acids is 2. The number of hydrogen-bond acceptors (Lipinski definition) is 7. The molecule has 0 aromatic carbocycles. The maximum absolute atomic E-state index is 12.7. The monoisotopic (exact) mass is 361 g/mol. The fourth-order valence-electron chi connectivity index (χ4n) is 2.59. The number of nitrogens with two attached hydrogens (primary N) is 1. The van der Waals surface area contributed by atoms with Crippen molar-refractivity contribution < 1.29 is 14.3 Å². The van der Waals surface area contributed by atoms with Gasteiger partial charge in [-0.15, -0.1) is 0 Å². The molecule has 2 amide bonds. The quantitative estimate of drug-likeness (QED) is 0.893. The lowest BCUT2D eigenvalue weighted by Crippen LogP contribution is -2.50. The Morgan fingerprint density at radius 2 is 1.96 bits per heavy atom. The molecule has 0 atom stereocenters. The number of rotatable bonds is 3. The van der Waals surface area contributed by atoms with Gasteiger partial charge in [-0.1, -0.05) is 6.07 Å². The predicted octanol–water partition coefficient (Wildman–Crippen LogP) is 1.70. The summed E-state index contributed by atoms with van der Waals surface area (Å²) in [5.74, 6) is -0.166. The molecule has 0 unspecified atom stereocenters. The number of piperazine rings is 1. The second-order valence-corrected chi connectivity index (χ2v) is 6.24. The molecule has 25 heavy (non-hydrogen) atoms. The summed E-state index contributed by atoms with van der Waals surface area (Å²) in [7, 11) is 0. The molecule has 0 spiro atoms. The van der Waals surface area contributed by atoms with Crippen molar-refractivity contribution in [2.75, 3.05) is 38.5 Å². The van der Waals surface area contributed by atoms with Gasteiger partial charge in [-0.05, 0) is 30.6 Å². The predicted molar refractivity (Wildman–Crippen MR) is 94.3 cm³/mol. The van der Waals surface area contributed by atoms with Crippen LogP contribution in [0.4, 0.5) is 10.5 Å². The normalized spacial score (nSPS) is 14.4. The van der Waals surface area contributed by atoms with Crippen LogP contribution in [0.25, 0.3) is 11.4 Å². The van der Waals surface area contributed by atoms with Crippen molar-refractivity contribution in [1.29, 1.82) is 0 Å². The van der Waals surface area contributed by atoms with E-state index in [4.69, 9.17) is 10.5 Å². The second-order valence-electron chi connectivity index (χ2n) is 5.47. The van der Waals surface area contributed by atoms with E-state index in [9.17, 15) is 9.59 Å². The average Bonchev–Trinajstić information content (AvgIpc) is 3.03. The maximum atomic E-state index is 12.7. The van der Waals surface area contributed by atoms with Gasteiger partial charge in [-0.3, -0.25) is 9.78 Å². The summed E-state index contributed by atoms with van der Waals surface area (Å²) in [5.41, 5.74) is 7.65. The van der Waals surface area contributed by atoms with Gasteiger partial charge in [0.2, 0.25) is 0 Å². The number of carbonyl (C=O) groups is 2. The van der Waals surface area contributed by atoms with Gasteiger partial charge >= 0.3 is 6.09 Å². The van der Waals surface area contributed by atoms with Gasteiger partial charge in [0, 0.05) is 32.4 Å². The number of nitrogen functional groups attached to an aromatic ring is 1. The molecule has 1 saturated heterocycles. The van der Waals surface area contributed by atoms with E-state index in [1.807, 2.05) is 6.07 Å². The van der Waals surface area contributed by atoms with E-state index in [0.717, 1.165) is 11.5 Å². The minimum absolute atomic E-state index is 0.166. The molecule has 3 rings (SSSR count). The van der Waals surface area contributed by atoms with Crippen molar-refractivity contribution in [3.05, 3.63) is 29.3 Å². The third-order valence-electron chi connectivity index (χ3n) is 3.92. The fraction of sp³-hybridized carbons (Fsp3) is 0.375. The number of ether oxygens (including phenoxy) is 1. The number of hydrogen-bond donors (Lipinski definition) is 1. The molecule has 0 aliphatic carbocycles. The molecule has 132 valence electrons. The molecule has 1 aliphatic rings. The number of anilines is 1. The fourth-order valence-corrected chi connectivity index (χ4v) is 3.37. The Kier molecular flexibility index (Phi) is 5.13. The Balaban J connectivity index is 1.69. The van der Waals surface area contributed by atoms with Gasteiger partial charge < -0.3 is 20.3 Å². The van der Waals surface area contributed by atoms with E-state index in [2.05, 4.69) is 9.36 Å². The summed E-state index contributed by atoms with van der Waals surface area (Å²) in [6, 6.07) is 5.45. The first kappa shape index (κ1) is 17.2. The summed E-state index contributed by atoms with van der Waals surface area (Å²) >= 11 is 1.08. The minimum atomic E-state index is -0.343. The summed E-state index contributed by atoms with van der Waals surface area (Å²) in [5, 5.41) is 0. The van der Waals surface area contributed by atoms with E-state index in [0.29, 0.717) is 54.7 Å². The van der Waals surface area contributed by atoms with Crippen molar-refractivity contribution in [1.82, 2.24) is 19.2 Å². The third kappa shape index (κ3) is 3.55. The first-order valence-corrected chi connectivity index (χ1v) is 8.76. The number of amides is 2. The molecule has 2 aromatic rings. The van der Waals surface area contributed by atoms with Gasteiger partial charge in [-0.25, -0.2) is 4.79 Å². The molecule has 0 bridgehead atoms. The van der Waals surface area contributed by atoms with Crippen molar-refractivity contribution >= 4 is 29.2 Å². The maximum Gasteiger partial charge on any atom is 0.409 e. The lowest BCUT2D eigenvalue weighted by atomic mass is 10.2. The Morgan fingerprint density at radius 3 is 2.60 bits per heavy atom. The van der Waals surface area contributed by atoms with E-state index in [-0.39, 0.29) is 12.0 Å². The van der Waals surface area contributed by atoms with E-state index < -0.39 is 0 Å². The van der Waals surface area contributed by atoms with E-state index in [1.165, 1.54) is 0 Å². The van der Waals surface area contributed by atoms with Gasteiger partial charge in [0.15, 0.2) is 0 Å². The highest BCUT2D eigenvalue weighted by atomic mass is 32.1. The van der Waals surface area contributed by atoms with Crippen LogP contribution in [0.5, 0.6) is 0 Å². The highest BCUT2D eigenvalue weighted by Crippen LogP contribution is 2.30. The molecule has 0 radical (unpaired) electrons. The van der Waals surface area contributed by atoms with E-state index in [1.54, 1.807) is 35.1 Å². The summed E-state index contributed by atoms with van der Waals surface area (Å²) in [4.78, 5) is 32.4. The first-order chi connectivity index (χ1) is 12.1. The van der Waals surface area contributed by atoms with Crippen LogP contribution in [-0.2, 0) is 4.74 Å². The Hall–Kier alpha value is -2.68. The van der Waals surface area contributed by atoms with Crippen LogP contribution in [0.1, 0.15) is 16.6 Å². The molecular formula is C16H19N5O3S. The average molecular weight is 361 g/mol. The molecule has 2 aromatic heterocycles. The summed E-state index contributed by atoms with van der Waals surface area (Å²) in [6.07, 6.45) is 1.31. The van der Waals surface area contributed by atoms with Crippen LogP contribution in [-0.4, -0.2) is 63.9 Å². The standard InChI is InChI=1S/C16H19N5O3S/c1-2-24-16(23)21-9-7-20(8-10-21)15(22)14-12(17)13(19-25-14)11-5-3-4-6-18-11/h3-6H,2,7-10,17H2,1H3. The van der Waals surface area contributed by atoms with Crippen LogP contribution in [0.15, 0.2) is 24.4 Å². The molecule has 9 heteroatoms. The van der Waals surface area contributed by atoms with Crippen molar-refractivity contribution in [3.8, 4) is 11.4 Å². The van der Waals surface area contributed by atoms with Crippen LogP contribution in [0.3, 0.4) is 0 Å². The van der Waals surface area contributed by atoms with E-state index >= 15 is 0 Å². The van der Waals surface area contributed by atoms with Crippen LogP contribution in [0, 0.1) is 0 Å². The lowest BCUT2D eigenvalue weighted by molar-refractivity contribution is 0.0575. The van der Waals surface area contributed by atoms with Crippen molar-refractivity contribution in [2.24, 2.45) is 0 Å². The Morgan fingerprint density at radius 1 is 1.24 bits per heavy atom. The molecule has 1 aliphatic heterocycles. The van der Waals surface area contributed by atoms with Gasteiger partial charge in [-0.2, -0.15) is 4.37 Å². The summed E-state index contributed by atoms with van der Waals surface area (Å²) < 4.78 is 9.27. The number of pyridine rings is 1. The zero-order chi connectivity index (χ0) is 17.8. The lowest BCUT2D eigenvalue weighted by Gasteiger charge is -2.33. The van der Waals surface area contributed by atoms with Crippen LogP contribution in [0.2, 0.25) is 0 Å². The van der Waals surface area contributed by atoms with Gasteiger partial charge in [0.25, 0.3) is 5.91 Å². The molecule has 2 N–H and O–H groups in total. The Bertz CT molecular complexity index is 756. The highest BCUT2D eigenvalue weighted by molar-refractivity contribution is 7.09. The Labute approximate surface area is 149 Å². The molecule has 0 saturated carbocycles. The minimum Gasteiger partial charge on any atom is -0.450 e. The van der Waals surface area contributed by atoms with Crippen molar-refractivity contribution in [3.63, 3.8) is 0 Å². The first-order valence-electron chi connectivity index (χ1n) is 7.99. The third-order valence-corrected chi connectivity index (χ3v) is 4.77. The zero-order valence-electron chi connectivity index (χ0n) is 13.8. The smallest absolute Gasteiger partial charge is 0.409 e.